The molecular formula is C17H28N2O2. The lowest BCUT2D eigenvalue weighted by molar-refractivity contribution is 0.144. The summed E-state index contributed by atoms with van der Waals surface area (Å²) in [6, 6.07) is 6.55. The van der Waals surface area contributed by atoms with Crippen LogP contribution in [0.2, 0.25) is 0 Å². The van der Waals surface area contributed by atoms with Gasteiger partial charge in [-0.1, -0.05) is 6.07 Å². The average Bonchev–Trinajstić information content (AvgIpc) is 3.04. The zero-order valence-electron chi connectivity index (χ0n) is 13.4. The van der Waals surface area contributed by atoms with Crippen molar-refractivity contribution in [2.24, 2.45) is 0 Å². The Kier molecular flexibility index (Phi) is 6.83. The molecule has 1 aromatic carbocycles. The van der Waals surface area contributed by atoms with E-state index in [9.17, 15) is 0 Å². The van der Waals surface area contributed by atoms with Crippen molar-refractivity contribution in [2.45, 2.75) is 32.7 Å². The number of methoxy groups -OCH3 is 1. The van der Waals surface area contributed by atoms with Gasteiger partial charge >= 0.3 is 0 Å². The highest BCUT2D eigenvalue weighted by Crippen LogP contribution is 2.31. The quantitative estimate of drug-likeness (QED) is 0.710. The Bertz CT molecular complexity index is 417. The molecule has 2 rings (SSSR count). The van der Waals surface area contributed by atoms with Crippen molar-refractivity contribution < 1.29 is 9.47 Å². The SMILES string of the molecule is CCOCCCNCc1ccc(N2CCCC2)c(OC)c1. The Morgan fingerprint density at radius 1 is 1.24 bits per heavy atom. The van der Waals surface area contributed by atoms with Gasteiger partial charge in [0.25, 0.3) is 0 Å². The lowest BCUT2D eigenvalue weighted by Crippen LogP contribution is -2.19. The summed E-state index contributed by atoms with van der Waals surface area (Å²) in [5.74, 6) is 0.991. The minimum absolute atomic E-state index is 0.801. The van der Waals surface area contributed by atoms with Gasteiger partial charge in [0.1, 0.15) is 5.75 Å². The van der Waals surface area contributed by atoms with Crippen molar-refractivity contribution >= 4 is 5.69 Å². The van der Waals surface area contributed by atoms with E-state index in [1.807, 2.05) is 6.92 Å². The van der Waals surface area contributed by atoms with E-state index in [1.165, 1.54) is 24.1 Å². The number of anilines is 1. The number of hydrogen-bond acceptors (Lipinski definition) is 4. The van der Waals surface area contributed by atoms with Gasteiger partial charge in [-0.2, -0.15) is 0 Å². The van der Waals surface area contributed by atoms with Gasteiger partial charge in [0.15, 0.2) is 0 Å². The smallest absolute Gasteiger partial charge is 0.142 e. The Hall–Kier alpha value is -1.26. The highest BCUT2D eigenvalue weighted by Gasteiger charge is 2.16. The van der Waals surface area contributed by atoms with E-state index in [0.29, 0.717) is 0 Å². The summed E-state index contributed by atoms with van der Waals surface area (Å²) in [5.41, 5.74) is 2.50. The fourth-order valence-corrected chi connectivity index (χ4v) is 2.73. The molecule has 0 aromatic heterocycles. The number of hydrogen-bond donors (Lipinski definition) is 1. The Morgan fingerprint density at radius 2 is 2.05 bits per heavy atom. The molecule has 1 aliphatic rings. The molecule has 0 saturated carbocycles. The van der Waals surface area contributed by atoms with Crippen LogP contribution in [0.4, 0.5) is 5.69 Å². The minimum atomic E-state index is 0.801. The summed E-state index contributed by atoms with van der Waals surface area (Å²) in [6.07, 6.45) is 3.62. The van der Waals surface area contributed by atoms with Gasteiger partial charge in [-0.3, -0.25) is 0 Å². The topological polar surface area (TPSA) is 33.7 Å². The van der Waals surface area contributed by atoms with Gasteiger partial charge in [0, 0.05) is 32.8 Å². The molecule has 0 amide bonds. The Labute approximate surface area is 128 Å². The second-order valence-corrected chi connectivity index (χ2v) is 5.43. The van der Waals surface area contributed by atoms with Crippen LogP contribution in [0.1, 0.15) is 31.7 Å². The normalized spacial score (nSPS) is 14.7. The highest BCUT2D eigenvalue weighted by atomic mass is 16.5. The van der Waals surface area contributed by atoms with Crippen LogP contribution in [-0.2, 0) is 11.3 Å². The maximum absolute atomic E-state index is 5.57. The summed E-state index contributed by atoms with van der Waals surface area (Å²) < 4.78 is 10.9. The summed E-state index contributed by atoms with van der Waals surface area (Å²) in [6.45, 7) is 7.81. The van der Waals surface area contributed by atoms with E-state index in [2.05, 4.69) is 28.4 Å². The van der Waals surface area contributed by atoms with Crippen molar-refractivity contribution in [2.75, 3.05) is 44.9 Å². The van der Waals surface area contributed by atoms with Crippen molar-refractivity contribution in [3.63, 3.8) is 0 Å². The van der Waals surface area contributed by atoms with Gasteiger partial charge in [-0.25, -0.2) is 0 Å². The lowest BCUT2D eigenvalue weighted by Gasteiger charge is -2.21. The second-order valence-electron chi connectivity index (χ2n) is 5.43. The molecule has 0 aliphatic carbocycles. The van der Waals surface area contributed by atoms with E-state index in [-0.39, 0.29) is 0 Å². The molecule has 1 fully saturated rings. The van der Waals surface area contributed by atoms with E-state index in [0.717, 1.165) is 51.6 Å². The first-order valence-corrected chi connectivity index (χ1v) is 8.05. The number of nitrogens with one attached hydrogen (secondary N) is 1. The van der Waals surface area contributed by atoms with Gasteiger partial charge in [-0.05, 0) is 50.4 Å². The maximum Gasteiger partial charge on any atom is 0.142 e. The standard InChI is InChI=1S/C17H28N2O2/c1-3-21-12-6-9-18-14-15-7-8-16(17(13-15)20-2)19-10-4-5-11-19/h7-8,13,18H,3-6,9-12,14H2,1-2H3. The lowest BCUT2D eigenvalue weighted by atomic mass is 10.1. The third-order valence-corrected chi connectivity index (χ3v) is 3.87. The summed E-state index contributed by atoms with van der Waals surface area (Å²) in [7, 11) is 1.76. The molecule has 0 unspecified atom stereocenters. The van der Waals surface area contributed by atoms with Crippen LogP contribution in [0, 0.1) is 0 Å². The van der Waals surface area contributed by atoms with Crippen molar-refractivity contribution in [1.82, 2.24) is 5.32 Å². The Balaban J connectivity index is 1.83. The van der Waals surface area contributed by atoms with E-state index in [1.54, 1.807) is 7.11 Å². The number of benzene rings is 1. The molecule has 21 heavy (non-hydrogen) atoms. The monoisotopic (exact) mass is 292 g/mol. The summed E-state index contributed by atoms with van der Waals surface area (Å²) in [5, 5.41) is 3.45. The maximum atomic E-state index is 5.57. The number of nitrogens with zero attached hydrogens (tertiary/aromatic N) is 1. The molecule has 118 valence electrons. The third-order valence-electron chi connectivity index (χ3n) is 3.87. The second kappa shape index (κ2) is 8.90. The number of rotatable bonds is 9. The van der Waals surface area contributed by atoms with E-state index in [4.69, 9.17) is 9.47 Å². The molecule has 0 spiro atoms. The van der Waals surface area contributed by atoms with E-state index >= 15 is 0 Å². The summed E-state index contributed by atoms with van der Waals surface area (Å²) >= 11 is 0. The molecule has 1 aliphatic heterocycles. The van der Waals surface area contributed by atoms with Crippen molar-refractivity contribution in [3.8, 4) is 5.75 Å². The molecule has 1 N–H and O–H groups in total. The van der Waals surface area contributed by atoms with Crippen molar-refractivity contribution in [1.29, 1.82) is 0 Å². The fourth-order valence-electron chi connectivity index (χ4n) is 2.73. The molecule has 1 heterocycles. The van der Waals surface area contributed by atoms with Crippen LogP contribution in [-0.4, -0.2) is 40.0 Å². The zero-order valence-corrected chi connectivity index (χ0v) is 13.4. The van der Waals surface area contributed by atoms with E-state index < -0.39 is 0 Å². The van der Waals surface area contributed by atoms with Crippen LogP contribution in [0.5, 0.6) is 5.75 Å². The highest BCUT2D eigenvalue weighted by molar-refractivity contribution is 5.60. The molecule has 4 heteroatoms. The molecule has 1 aromatic rings. The third kappa shape index (κ3) is 4.90. The van der Waals surface area contributed by atoms with Crippen LogP contribution >= 0.6 is 0 Å². The van der Waals surface area contributed by atoms with Gasteiger partial charge in [0.05, 0.1) is 12.8 Å². The predicted octanol–water partition coefficient (Wildman–Crippen LogP) is 2.81. The molecule has 4 nitrogen and oxygen atoms in total. The Morgan fingerprint density at radius 3 is 2.76 bits per heavy atom. The first-order valence-electron chi connectivity index (χ1n) is 8.05. The largest absolute Gasteiger partial charge is 0.495 e. The number of ether oxygens (including phenoxy) is 2. The van der Waals surface area contributed by atoms with Crippen LogP contribution in [0.25, 0.3) is 0 Å². The van der Waals surface area contributed by atoms with Gasteiger partial charge in [0.2, 0.25) is 0 Å². The predicted molar refractivity (Wildman–Crippen MR) is 87.3 cm³/mol. The summed E-state index contributed by atoms with van der Waals surface area (Å²) in [4.78, 5) is 2.41. The van der Waals surface area contributed by atoms with Crippen LogP contribution < -0.4 is 15.0 Å². The average molecular weight is 292 g/mol. The molecule has 0 radical (unpaired) electrons. The molecule has 1 saturated heterocycles. The first-order chi connectivity index (χ1) is 10.3. The zero-order chi connectivity index (χ0) is 14.9. The first kappa shape index (κ1) is 16.1. The van der Waals surface area contributed by atoms with Crippen LogP contribution in [0.3, 0.4) is 0 Å². The minimum Gasteiger partial charge on any atom is -0.495 e. The fraction of sp³-hybridized carbons (Fsp3) is 0.647. The molecule has 0 atom stereocenters. The molecular weight excluding hydrogens is 264 g/mol. The van der Waals surface area contributed by atoms with Gasteiger partial charge in [-0.15, -0.1) is 0 Å². The molecule has 0 bridgehead atoms. The van der Waals surface area contributed by atoms with Crippen molar-refractivity contribution in [3.05, 3.63) is 23.8 Å². The van der Waals surface area contributed by atoms with Gasteiger partial charge < -0.3 is 19.7 Å². The van der Waals surface area contributed by atoms with Crippen LogP contribution in [0.15, 0.2) is 18.2 Å².